The predicted molar refractivity (Wildman–Crippen MR) is 245 cm³/mol. The van der Waals surface area contributed by atoms with E-state index in [2.05, 4.69) is 5.32 Å². The number of allylic oxidation sites excluding steroid dienone is 6. The van der Waals surface area contributed by atoms with Crippen molar-refractivity contribution in [2.75, 3.05) is 6.54 Å². The molecule has 0 aromatic carbocycles. The van der Waals surface area contributed by atoms with Crippen molar-refractivity contribution < 1.29 is 86.1 Å². The van der Waals surface area contributed by atoms with Crippen molar-refractivity contribution in [1.29, 1.82) is 0 Å². The van der Waals surface area contributed by atoms with Crippen molar-refractivity contribution in [2.24, 2.45) is 60.3 Å². The van der Waals surface area contributed by atoms with Gasteiger partial charge in [0.2, 0.25) is 5.91 Å². The average Bonchev–Trinajstić information content (AvgIpc) is 3.80. The summed E-state index contributed by atoms with van der Waals surface area (Å²) in [6, 6.07) is -1.14. The van der Waals surface area contributed by atoms with Gasteiger partial charge in [-0.05, 0) is 81.9 Å². The molecule has 1 saturated heterocycles. The maximum atomic E-state index is 13.4. The fourth-order valence-corrected chi connectivity index (χ4v) is 12.0. The molecule has 8 N–H and O–H groups in total. The van der Waals surface area contributed by atoms with Gasteiger partial charge in [-0.3, -0.25) is 48.5 Å². The first kappa shape index (κ1) is 55.4. The zero-order valence-electron chi connectivity index (χ0n) is 40.1. The molecule has 5 aliphatic heterocycles. The van der Waals surface area contributed by atoms with Crippen molar-refractivity contribution in [1.82, 2.24) is 5.32 Å². The van der Waals surface area contributed by atoms with E-state index >= 15 is 0 Å². The second kappa shape index (κ2) is 20.4. The van der Waals surface area contributed by atoms with Gasteiger partial charge in [-0.25, -0.2) is 0 Å². The summed E-state index contributed by atoms with van der Waals surface area (Å²) in [5.74, 6) is -10.9. The number of aliphatic carboxylic acids is 6. The second-order valence-corrected chi connectivity index (χ2v) is 20.7. The standard InChI is InChI=1S/C48H67N5O14.Co/c1-23(54)22-49-32(55)16-17-45(6)29(18-36(62)63)43-48(9)47(8,21-38(66)67)28(12-15-35(60)61)40(53-48)25(3)42-46(7,20-37(64)65)26(10-13-33(56)57)30(50-42)19-31-44(4,5)27(11-14-34(58)59)39(51-31)24(2)41(45)52-43;/h19,23,26-29,43,54H,10-18,20-22H2,1-9H3,(H8,49,50,51,52,53,55,56,57,58,59,60,61,62,63,64,65,66,67);/p-1/t23-,26-,27-,28-,29+,43-,45-,46+,47+,48+;/m1./s1. The molecule has 0 aliphatic carbocycles. The summed E-state index contributed by atoms with van der Waals surface area (Å²) in [4.78, 5) is 105. The summed E-state index contributed by atoms with van der Waals surface area (Å²) in [7, 11) is 0. The van der Waals surface area contributed by atoms with E-state index in [-0.39, 0.29) is 79.7 Å². The third-order valence-corrected chi connectivity index (χ3v) is 15.8. The van der Waals surface area contributed by atoms with Crippen LogP contribution in [-0.4, -0.2) is 119 Å². The molecule has 8 bridgehead atoms. The Kier molecular flexibility index (Phi) is 16.6. The Labute approximate surface area is 406 Å². The number of hydrogen-bond donors (Lipinski definition) is 8. The monoisotopic (exact) mass is 995 g/mol. The Hall–Kier alpha value is -5.21. The van der Waals surface area contributed by atoms with Gasteiger partial charge in [-0.1, -0.05) is 40.7 Å². The Morgan fingerprint density at radius 3 is 1.75 bits per heavy atom. The molecule has 0 unspecified atom stereocenters. The van der Waals surface area contributed by atoms with Gasteiger partial charge in [0.25, 0.3) is 0 Å². The van der Waals surface area contributed by atoms with Gasteiger partial charge >= 0.3 is 35.8 Å². The molecule has 5 heterocycles. The fourth-order valence-electron chi connectivity index (χ4n) is 12.0. The van der Waals surface area contributed by atoms with E-state index < -0.39 is 130 Å². The van der Waals surface area contributed by atoms with Crippen LogP contribution in [0.3, 0.4) is 0 Å². The van der Waals surface area contributed by atoms with E-state index in [0.29, 0.717) is 34.0 Å². The first-order valence-corrected chi connectivity index (χ1v) is 22.8. The number of nitrogens with zero attached hydrogens (tertiary/aromatic N) is 4. The molecule has 10 atom stereocenters. The number of amides is 1. The van der Waals surface area contributed by atoms with Gasteiger partial charge in [0.15, 0.2) is 0 Å². The van der Waals surface area contributed by atoms with Crippen molar-refractivity contribution in [3.8, 4) is 0 Å². The second-order valence-electron chi connectivity index (χ2n) is 20.7. The summed E-state index contributed by atoms with van der Waals surface area (Å²) in [6.45, 7) is 15.5. The van der Waals surface area contributed by atoms with Gasteiger partial charge in [0.1, 0.15) is 0 Å². The number of carboxylic acids is 6. The maximum Gasteiger partial charge on any atom is 0.304 e. The molecule has 19 nitrogen and oxygen atoms in total. The van der Waals surface area contributed by atoms with Crippen LogP contribution < -0.4 is 5.32 Å². The van der Waals surface area contributed by atoms with Crippen LogP contribution in [-0.2, 0) is 50.3 Å². The molecular weight excluding hydrogens is 929 g/mol. The zero-order chi connectivity index (χ0) is 50.4. The molecule has 20 heteroatoms. The minimum Gasteiger partial charge on any atom is -0.682 e. The molecule has 377 valence electrons. The summed E-state index contributed by atoms with van der Waals surface area (Å²) in [6.07, 6.45) is -2.06. The molecule has 0 aromatic heterocycles. The molecule has 0 saturated carbocycles. The van der Waals surface area contributed by atoms with Gasteiger partial charge in [-0.2, -0.15) is 5.70 Å². The topological polar surface area (TPSA) is 324 Å². The fraction of sp³-hybridized carbons (Fsp3) is 0.667. The van der Waals surface area contributed by atoms with Crippen LogP contribution in [0.2, 0.25) is 0 Å². The van der Waals surface area contributed by atoms with E-state index in [9.17, 15) is 69.3 Å². The number of fused-ring (bicyclic) bond motifs is 6. The van der Waals surface area contributed by atoms with E-state index in [1.54, 1.807) is 47.6 Å². The predicted octanol–water partition coefficient (Wildman–Crippen LogP) is 6.11. The Balaban J connectivity index is 0.0000101. The average molecular weight is 996 g/mol. The Morgan fingerprint density at radius 2 is 1.24 bits per heavy atom. The van der Waals surface area contributed by atoms with Crippen LogP contribution >= 0.6 is 0 Å². The normalized spacial score (nSPS) is 34.6. The molecule has 0 spiro atoms. The van der Waals surface area contributed by atoms with Gasteiger partial charge < -0.3 is 46.4 Å². The maximum absolute atomic E-state index is 13.4. The number of nitrogens with one attached hydrogen (secondary N) is 1. The number of carbonyl (C=O) groups is 7. The zero-order valence-corrected chi connectivity index (χ0v) is 41.2. The van der Waals surface area contributed by atoms with Crippen LogP contribution in [0.4, 0.5) is 0 Å². The number of rotatable bonds is 20. The Bertz CT molecular complexity index is 2310. The van der Waals surface area contributed by atoms with Gasteiger partial charge in [0.05, 0.1) is 30.2 Å². The number of aliphatic hydroxyl groups is 1. The molecule has 0 aromatic rings. The minimum absolute atomic E-state index is 0. The van der Waals surface area contributed by atoms with Gasteiger partial charge in [-0.15, -0.1) is 0 Å². The number of hydrogen-bond acceptors (Lipinski definition) is 11. The van der Waals surface area contributed by atoms with Crippen molar-refractivity contribution in [2.45, 2.75) is 151 Å². The summed E-state index contributed by atoms with van der Waals surface area (Å²) < 4.78 is 0. The van der Waals surface area contributed by atoms with Crippen LogP contribution in [0.25, 0.3) is 5.32 Å². The molecule has 5 aliphatic rings. The van der Waals surface area contributed by atoms with Crippen molar-refractivity contribution >= 4 is 58.9 Å². The van der Waals surface area contributed by atoms with E-state index in [4.69, 9.17) is 20.3 Å². The van der Waals surface area contributed by atoms with Crippen LogP contribution in [0.15, 0.2) is 49.3 Å². The summed E-state index contributed by atoms with van der Waals surface area (Å²) >= 11 is 0. The minimum atomic E-state index is -1.64. The first-order chi connectivity index (χ1) is 30.9. The summed E-state index contributed by atoms with van der Waals surface area (Å²) in [5.41, 5.74) is -3.92. The molecular formula is C48H66CoN5O14-. The summed E-state index contributed by atoms with van der Waals surface area (Å²) in [5, 5.41) is 80.1. The smallest absolute Gasteiger partial charge is 0.304 e. The number of carboxylic acid groups (broad SMARTS) is 6. The third-order valence-electron chi connectivity index (χ3n) is 15.8. The largest absolute Gasteiger partial charge is 0.682 e. The van der Waals surface area contributed by atoms with E-state index in [1.807, 2.05) is 13.8 Å². The van der Waals surface area contributed by atoms with Crippen LogP contribution in [0.5, 0.6) is 0 Å². The van der Waals surface area contributed by atoms with Crippen LogP contribution in [0, 0.1) is 45.3 Å². The number of aliphatic imine (C=N–C) groups is 3. The SMILES string of the molecule is C/C1=C2/[N-][C@H]([C@H](CC(=O)O)[C@@]2(C)CCC(=O)NC[C@@H](C)O)[C@]2(C)N=C(/C(C)=C3N=C(/C=C4N=C1[C@@H](CCC(=O)O)C\4(C)C)[C@@H](CCC(=O)O)[C@]\3(C)CC(=O)O)[C@@H](CCC(=O)O)[C@]2(C)CC(=O)O.[Co]. The quantitative estimate of drug-likeness (QED) is 0.0682. The van der Waals surface area contributed by atoms with Gasteiger partial charge in [0, 0.05) is 112 Å². The van der Waals surface area contributed by atoms with E-state index in [0.717, 1.165) is 0 Å². The third kappa shape index (κ3) is 10.4. The molecule has 1 amide bonds. The van der Waals surface area contributed by atoms with Crippen molar-refractivity contribution in [3.63, 3.8) is 0 Å². The number of aliphatic hydroxyl groups excluding tert-OH is 1. The first-order valence-electron chi connectivity index (χ1n) is 22.8. The molecule has 68 heavy (non-hydrogen) atoms. The number of carbonyl (C=O) groups excluding carboxylic acids is 1. The Morgan fingerprint density at radius 1 is 0.691 bits per heavy atom. The van der Waals surface area contributed by atoms with Crippen LogP contribution in [0.1, 0.15) is 133 Å². The molecule has 5 rings (SSSR count). The van der Waals surface area contributed by atoms with Crippen molar-refractivity contribution in [3.05, 3.63) is 39.6 Å². The molecule has 1 fully saturated rings. The molecule has 1 radical (unpaired) electrons. The van der Waals surface area contributed by atoms with E-state index in [1.165, 1.54) is 6.92 Å².